The molecule has 0 unspecified atom stereocenters. The number of benzene rings is 2. The van der Waals surface area contributed by atoms with Gasteiger partial charge in [-0.15, -0.1) is 20.4 Å². The number of hydrogen-bond acceptors (Lipinski definition) is 7. The fourth-order valence-corrected chi connectivity index (χ4v) is 4.21. The Morgan fingerprint density at radius 3 is 2.50 bits per heavy atom. The molecule has 160 valence electrons. The molecule has 0 bridgehead atoms. The highest BCUT2D eigenvalue weighted by atomic mass is 35.5. The molecule has 0 aliphatic carbocycles. The average molecular weight is 484 g/mol. The van der Waals surface area contributed by atoms with Crippen molar-refractivity contribution in [2.75, 3.05) is 0 Å². The minimum Gasteiger partial charge on any atom is -0.467 e. The lowest BCUT2D eigenvalue weighted by atomic mass is 10.2. The van der Waals surface area contributed by atoms with Gasteiger partial charge in [0.1, 0.15) is 5.76 Å². The van der Waals surface area contributed by atoms with E-state index in [9.17, 15) is 0 Å². The molecule has 0 saturated carbocycles. The van der Waals surface area contributed by atoms with Crippen LogP contribution in [0.3, 0.4) is 0 Å². The van der Waals surface area contributed by atoms with Crippen LogP contribution in [0, 0.1) is 0 Å². The summed E-state index contributed by atoms with van der Waals surface area (Å²) < 4.78 is 13.3. The monoisotopic (exact) mass is 483 g/mol. The van der Waals surface area contributed by atoms with Crippen molar-refractivity contribution in [3.63, 3.8) is 0 Å². The molecule has 3 aromatic heterocycles. The summed E-state index contributed by atoms with van der Waals surface area (Å²) in [6.07, 6.45) is 1.64. The third-order valence-electron chi connectivity index (χ3n) is 4.61. The molecule has 3 heterocycles. The summed E-state index contributed by atoms with van der Waals surface area (Å²) in [5.41, 5.74) is 1.60. The highest BCUT2D eigenvalue weighted by molar-refractivity contribution is 7.98. The molecule has 0 spiro atoms. The summed E-state index contributed by atoms with van der Waals surface area (Å²) in [4.78, 5) is 0. The van der Waals surface area contributed by atoms with E-state index in [1.54, 1.807) is 12.3 Å². The molecule has 0 radical (unpaired) electrons. The van der Waals surface area contributed by atoms with E-state index in [0.717, 1.165) is 11.3 Å². The summed E-state index contributed by atoms with van der Waals surface area (Å²) >= 11 is 13.7. The molecule has 0 N–H and O–H groups in total. The highest BCUT2D eigenvalue weighted by Gasteiger charge is 2.18. The standard InChI is InChI=1S/C22H15Cl2N5O2S/c23-15-9-7-14(8-10-15)20-26-28-22(29(20)12-16-4-3-11-30-16)32-13-19-25-27-21(31-19)17-5-1-2-6-18(17)24/h1-11H,12-13H2. The molecule has 10 heteroatoms. The van der Waals surface area contributed by atoms with E-state index >= 15 is 0 Å². The van der Waals surface area contributed by atoms with Crippen LogP contribution in [0.4, 0.5) is 0 Å². The van der Waals surface area contributed by atoms with Crippen molar-refractivity contribution in [2.24, 2.45) is 0 Å². The Hall–Kier alpha value is -3.07. The molecule has 2 aromatic carbocycles. The highest BCUT2D eigenvalue weighted by Crippen LogP contribution is 2.30. The second-order valence-corrected chi connectivity index (χ2v) is 8.53. The third kappa shape index (κ3) is 4.43. The molecule has 5 rings (SSSR count). The summed E-state index contributed by atoms with van der Waals surface area (Å²) in [5.74, 6) is 2.77. The normalized spacial score (nSPS) is 11.2. The van der Waals surface area contributed by atoms with Crippen LogP contribution in [-0.4, -0.2) is 25.0 Å². The Bertz CT molecular complexity index is 1330. The van der Waals surface area contributed by atoms with Crippen LogP contribution in [0.15, 0.2) is 80.9 Å². The summed E-state index contributed by atoms with van der Waals surface area (Å²) in [6, 6.07) is 18.6. The minimum absolute atomic E-state index is 0.380. The Morgan fingerprint density at radius 1 is 0.875 bits per heavy atom. The van der Waals surface area contributed by atoms with Crippen LogP contribution in [0.5, 0.6) is 0 Å². The maximum atomic E-state index is 6.23. The zero-order valence-corrected chi connectivity index (χ0v) is 18.8. The second kappa shape index (κ2) is 9.20. The molecule has 0 aliphatic rings. The Balaban J connectivity index is 1.40. The van der Waals surface area contributed by atoms with Gasteiger partial charge in [0.2, 0.25) is 11.8 Å². The molecule has 0 atom stereocenters. The number of halogens is 2. The molecule has 0 saturated heterocycles. The number of thioether (sulfide) groups is 1. The van der Waals surface area contributed by atoms with Crippen LogP contribution >= 0.6 is 35.0 Å². The summed E-state index contributed by atoms with van der Waals surface area (Å²) in [6.45, 7) is 0.481. The SMILES string of the molecule is Clc1ccc(-c2nnc(SCc3nnc(-c4ccccc4Cl)o3)n2Cc2ccco2)cc1. The molecule has 0 fully saturated rings. The average Bonchev–Trinajstić information content (AvgIpc) is 3.56. The van der Waals surface area contributed by atoms with E-state index in [-0.39, 0.29) is 0 Å². The molecule has 5 aromatic rings. The minimum atomic E-state index is 0.380. The number of hydrogen-bond donors (Lipinski definition) is 0. The fraction of sp³-hybridized carbons (Fsp3) is 0.0909. The lowest BCUT2D eigenvalue weighted by Crippen LogP contribution is -2.03. The molecule has 0 amide bonds. The van der Waals surface area contributed by atoms with Gasteiger partial charge in [0.05, 0.1) is 29.1 Å². The van der Waals surface area contributed by atoms with Gasteiger partial charge in [-0.2, -0.15) is 0 Å². The van der Waals surface area contributed by atoms with Crippen molar-refractivity contribution in [3.8, 4) is 22.8 Å². The van der Waals surface area contributed by atoms with Crippen LogP contribution in [-0.2, 0) is 12.3 Å². The lowest BCUT2D eigenvalue weighted by Gasteiger charge is -2.08. The van der Waals surface area contributed by atoms with Gasteiger partial charge in [0.15, 0.2) is 11.0 Å². The topological polar surface area (TPSA) is 82.8 Å². The second-order valence-electron chi connectivity index (χ2n) is 6.75. The van der Waals surface area contributed by atoms with Gasteiger partial charge in [-0.05, 0) is 48.5 Å². The maximum Gasteiger partial charge on any atom is 0.249 e. The zero-order valence-electron chi connectivity index (χ0n) is 16.5. The van der Waals surface area contributed by atoms with Gasteiger partial charge in [0, 0.05) is 10.6 Å². The zero-order chi connectivity index (χ0) is 21.9. The number of rotatable bonds is 7. The quantitative estimate of drug-likeness (QED) is 0.253. The Kier molecular flexibility index (Phi) is 5.98. The largest absolute Gasteiger partial charge is 0.467 e. The Labute approximate surface area is 197 Å². The fourth-order valence-electron chi connectivity index (χ4n) is 3.09. The molecular formula is C22H15Cl2N5O2S. The first-order chi connectivity index (χ1) is 15.7. The van der Waals surface area contributed by atoms with E-state index < -0.39 is 0 Å². The van der Waals surface area contributed by atoms with Crippen LogP contribution in [0.2, 0.25) is 10.0 Å². The molecular weight excluding hydrogens is 469 g/mol. The van der Waals surface area contributed by atoms with Gasteiger partial charge < -0.3 is 8.83 Å². The first kappa shape index (κ1) is 20.8. The molecule has 32 heavy (non-hydrogen) atoms. The smallest absolute Gasteiger partial charge is 0.249 e. The number of nitrogens with zero attached hydrogens (tertiary/aromatic N) is 5. The predicted octanol–water partition coefficient (Wildman–Crippen LogP) is 6.24. The van der Waals surface area contributed by atoms with Crippen molar-refractivity contribution in [1.82, 2.24) is 25.0 Å². The molecule has 0 aliphatic heterocycles. The van der Waals surface area contributed by atoms with Crippen molar-refractivity contribution in [2.45, 2.75) is 17.5 Å². The van der Waals surface area contributed by atoms with Crippen molar-refractivity contribution < 1.29 is 8.83 Å². The van der Waals surface area contributed by atoms with Gasteiger partial charge in [-0.3, -0.25) is 4.57 Å². The van der Waals surface area contributed by atoms with E-state index in [1.807, 2.05) is 59.2 Å². The number of aromatic nitrogens is 5. The van der Waals surface area contributed by atoms with E-state index in [4.69, 9.17) is 32.0 Å². The van der Waals surface area contributed by atoms with Crippen molar-refractivity contribution in [1.29, 1.82) is 0 Å². The first-order valence-corrected chi connectivity index (χ1v) is 11.3. The van der Waals surface area contributed by atoms with E-state index in [0.29, 0.717) is 50.7 Å². The van der Waals surface area contributed by atoms with E-state index in [1.165, 1.54) is 11.8 Å². The van der Waals surface area contributed by atoms with Gasteiger partial charge in [-0.1, -0.05) is 47.1 Å². The lowest BCUT2D eigenvalue weighted by molar-refractivity contribution is 0.485. The molecule has 7 nitrogen and oxygen atoms in total. The first-order valence-electron chi connectivity index (χ1n) is 9.59. The van der Waals surface area contributed by atoms with Crippen LogP contribution < -0.4 is 0 Å². The van der Waals surface area contributed by atoms with Gasteiger partial charge in [-0.25, -0.2) is 0 Å². The van der Waals surface area contributed by atoms with Gasteiger partial charge >= 0.3 is 0 Å². The van der Waals surface area contributed by atoms with Crippen LogP contribution in [0.1, 0.15) is 11.7 Å². The predicted molar refractivity (Wildman–Crippen MR) is 123 cm³/mol. The van der Waals surface area contributed by atoms with Crippen molar-refractivity contribution >= 4 is 35.0 Å². The maximum absolute atomic E-state index is 6.23. The van der Waals surface area contributed by atoms with Gasteiger partial charge in [0.25, 0.3) is 0 Å². The summed E-state index contributed by atoms with van der Waals surface area (Å²) in [7, 11) is 0. The van der Waals surface area contributed by atoms with Crippen LogP contribution in [0.25, 0.3) is 22.8 Å². The third-order valence-corrected chi connectivity index (χ3v) is 6.14. The Morgan fingerprint density at radius 2 is 1.72 bits per heavy atom. The van der Waals surface area contributed by atoms with E-state index in [2.05, 4.69) is 20.4 Å². The van der Waals surface area contributed by atoms with Crippen molar-refractivity contribution in [3.05, 3.63) is 88.6 Å². The summed E-state index contributed by atoms with van der Waals surface area (Å²) in [5, 5.41) is 19.0. The number of furan rings is 1.